The number of hydrogen-bond acceptors (Lipinski definition) is 4. The molecule has 0 amide bonds. The van der Waals surface area contributed by atoms with E-state index in [1.165, 1.54) is 5.56 Å². The molecule has 1 aromatic heterocycles. The Morgan fingerprint density at radius 3 is 2.24 bits per heavy atom. The molecule has 0 bridgehead atoms. The van der Waals surface area contributed by atoms with Gasteiger partial charge in [-0.1, -0.05) is 30.3 Å². The minimum atomic E-state index is 0.159. The first-order valence-corrected chi connectivity index (χ1v) is 10.3. The van der Waals surface area contributed by atoms with Crippen LogP contribution in [0, 0.1) is 6.92 Å². The summed E-state index contributed by atoms with van der Waals surface area (Å²) in [7, 11) is 4.00. The van der Waals surface area contributed by atoms with Crippen molar-refractivity contribution in [2.24, 2.45) is 0 Å². The van der Waals surface area contributed by atoms with Crippen LogP contribution >= 0.6 is 0 Å². The first kappa shape index (κ1) is 19.7. The summed E-state index contributed by atoms with van der Waals surface area (Å²) in [6.45, 7) is 7.76. The van der Waals surface area contributed by atoms with Crippen LogP contribution in [0.4, 0.5) is 5.69 Å². The summed E-state index contributed by atoms with van der Waals surface area (Å²) >= 11 is 0. The number of aryl methyl sites for hydroxylation is 1. The highest BCUT2D eigenvalue weighted by Gasteiger charge is 2.20. The zero-order chi connectivity index (χ0) is 20.4. The Hall–Kier alpha value is -2.63. The SMILES string of the molecule is Cc1[nH]c2ccc(N(C)C)cc2c(=O)c1CN1CCN(Cc2ccccc2)CC1. The first-order chi connectivity index (χ1) is 14.0. The van der Waals surface area contributed by atoms with E-state index < -0.39 is 0 Å². The first-order valence-electron chi connectivity index (χ1n) is 10.3. The second-order valence-corrected chi connectivity index (χ2v) is 8.22. The quantitative estimate of drug-likeness (QED) is 0.726. The molecule has 4 rings (SSSR count). The topological polar surface area (TPSA) is 42.6 Å². The van der Waals surface area contributed by atoms with E-state index in [1.54, 1.807) is 0 Å². The lowest BCUT2D eigenvalue weighted by molar-refractivity contribution is 0.121. The number of anilines is 1. The number of aromatic nitrogens is 1. The van der Waals surface area contributed by atoms with Gasteiger partial charge in [-0.2, -0.15) is 0 Å². The highest BCUT2D eigenvalue weighted by atomic mass is 16.1. The van der Waals surface area contributed by atoms with Gasteiger partial charge < -0.3 is 9.88 Å². The smallest absolute Gasteiger partial charge is 0.194 e. The molecule has 0 unspecified atom stereocenters. The van der Waals surface area contributed by atoms with Gasteiger partial charge in [-0.25, -0.2) is 0 Å². The molecule has 29 heavy (non-hydrogen) atoms. The van der Waals surface area contributed by atoms with Gasteiger partial charge in [-0.3, -0.25) is 14.6 Å². The third kappa shape index (κ3) is 4.36. The summed E-state index contributed by atoms with van der Waals surface area (Å²) in [5.41, 5.74) is 5.35. The number of nitrogens with one attached hydrogen (secondary N) is 1. The predicted molar refractivity (Wildman–Crippen MR) is 121 cm³/mol. The van der Waals surface area contributed by atoms with Crippen LogP contribution in [0.15, 0.2) is 53.3 Å². The van der Waals surface area contributed by atoms with Gasteiger partial charge in [0.15, 0.2) is 5.43 Å². The molecule has 0 aliphatic carbocycles. The Morgan fingerprint density at radius 1 is 0.931 bits per heavy atom. The maximum absolute atomic E-state index is 13.2. The second-order valence-electron chi connectivity index (χ2n) is 8.22. The molecule has 0 saturated carbocycles. The summed E-state index contributed by atoms with van der Waals surface area (Å²) in [5.74, 6) is 0. The molecule has 1 aliphatic heterocycles. The molecule has 0 atom stereocenters. The van der Waals surface area contributed by atoms with Crippen molar-refractivity contribution in [2.75, 3.05) is 45.2 Å². The van der Waals surface area contributed by atoms with Crippen molar-refractivity contribution < 1.29 is 0 Å². The minimum Gasteiger partial charge on any atom is -0.378 e. The second kappa shape index (κ2) is 8.39. The van der Waals surface area contributed by atoms with Crippen LogP contribution in [-0.2, 0) is 13.1 Å². The van der Waals surface area contributed by atoms with Crippen LogP contribution in [-0.4, -0.2) is 55.1 Å². The number of hydrogen-bond donors (Lipinski definition) is 1. The monoisotopic (exact) mass is 390 g/mol. The largest absolute Gasteiger partial charge is 0.378 e. The average Bonchev–Trinajstić information content (AvgIpc) is 2.73. The van der Waals surface area contributed by atoms with E-state index in [1.807, 2.05) is 44.1 Å². The number of nitrogens with zero attached hydrogens (tertiary/aromatic N) is 3. The highest BCUT2D eigenvalue weighted by Crippen LogP contribution is 2.19. The molecule has 3 aromatic rings. The van der Waals surface area contributed by atoms with E-state index in [0.29, 0.717) is 6.54 Å². The van der Waals surface area contributed by atoms with E-state index in [4.69, 9.17) is 0 Å². The van der Waals surface area contributed by atoms with Crippen molar-refractivity contribution in [2.45, 2.75) is 20.0 Å². The molecule has 1 N–H and O–H groups in total. The standard InChI is InChI=1S/C24H30N4O/c1-18-22(24(29)21-15-20(26(2)3)9-10-23(21)25-18)17-28-13-11-27(12-14-28)16-19-7-5-4-6-8-19/h4-10,15H,11-14,16-17H2,1-3H3,(H,25,29). The third-order valence-electron chi connectivity index (χ3n) is 5.91. The third-order valence-corrected chi connectivity index (χ3v) is 5.91. The van der Waals surface area contributed by atoms with Crippen LogP contribution in [0.25, 0.3) is 10.9 Å². The van der Waals surface area contributed by atoms with Crippen LogP contribution in [0.2, 0.25) is 0 Å². The Labute approximate surface area is 172 Å². The maximum atomic E-state index is 13.2. The molecule has 2 heterocycles. The Kier molecular flexibility index (Phi) is 5.69. The van der Waals surface area contributed by atoms with Crippen LogP contribution in [0.1, 0.15) is 16.8 Å². The Balaban J connectivity index is 1.47. The lowest BCUT2D eigenvalue weighted by Crippen LogP contribution is -2.46. The van der Waals surface area contributed by atoms with Crippen molar-refractivity contribution in [1.29, 1.82) is 0 Å². The predicted octanol–water partition coefficient (Wildman–Crippen LogP) is 3.22. The minimum absolute atomic E-state index is 0.159. The van der Waals surface area contributed by atoms with E-state index >= 15 is 0 Å². The molecule has 0 spiro atoms. The zero-order valence-corrected chi connectivity index (χ0v) is 17.6. The van der Waals surface area contributed by atoms with Gasteiger partial charge >= 0.3 is 0 Å². The Bertz CT molecular complexity index is 1030. The summed E-state index contributed by atoms with van der Waals surface area (Å²) < 4.78 is 0. The fraction of sp³-hybridized carbons (Fsp3) is 0.375. The fourth-order valence-electron chi connectivity index (χ4n) is 4.08. The zero-order valence-electron chi connectivity index (χ0n) is 17.6. The number of rotatable bonds is 5. The lowest BCUT2D eigenvalue weighted by Gasteiger charge is -2.34. The maximum Gasteiger partial charge on any atom is 0.194 e. The molecule has 0 radical (unpaired) electrons. The van der Waals surface area contributed by atoms with Crippen molar-refractivity contribution in [3.8, 4) is 0 Å². The van der Waals surface area contributed by atoms with E-state index in [-0.39, 0.29) is 5.43 Å². The molecular weight excluding hydrogens is 360 g/mol. The molecule has 2 aromatic carbocycles. The molecule has 1 fully saturated rings. The number of fused-ring (bicyclic) bond motifs is 1. The summed E-state index contributed by atoms with van der Waals surface area (Å²) in [6.07, 6.45) is 0. The molecule has 5 nitrogen and oxygen atoms in total. The van der Waals surface area contributed by atoms with Gasteiger partial charge in [-0.05, 0) is 30.7 Å². The lowest BCUT2D eigenvalue weighted by atomic mass is 10.1. The number of pyridine rings is 1. The number of H-pyrrole nitrogens is 1. The summed E-state index contributed by atoms with van der Waals surface area (Å²) in [4.78, 5) is 23.6. The number of piperazine rings is 1. The van der Waals surface area contributed by atoms with Crippen molar-refractivity contribution in [3.63, 3.8) is 0 Å². The highest BCUT2D eigenvalue weighted by molar-refractivity contribution is 5.83. The normalized spacial score (nSPS) is 15.7. The molecule has 152 valence electrons. The van der Waals surface area contributed by atoms with Crippen LogP contribution in [0.5, 0.6) is 0 Å². The molecule has 1 saturated heterocycles. The summed E-state index contributed by atoms with van der Waals surface area (Å²) in [6, 6.07) is 16.7. The van der Waals surface area contributed by atoms with E-state index in [9.17, 15) is 4.79 Å². The number of aromatic amines is 1. The van der Waals surface area contributed by atoms with Gasteiger partial charge in [0, 0.05) is 81.2 Å². The van der Waals surface area contributed by atoms with Crippen molar-refractivity contribution in [3.05, 3.63) is 75.6 Å². The fourth-order valence-corrected chi connectivity index (χ4v) is 4.08. The molecule has 1 aliphatic rings. The van der Waals surface area contributed by atoms with E-state index in [0.717, 1.165) is 60.6 Å². The molecule has 5 heteroatoms. The molecular formula is C24H30N4O. The van der Waals surface area contributed by atoms with Crippen LogP contribution < -0.4 is 10.3 Å². The van der Waals surface area contributed by atoms with Gasteiger partial charge in [0.25, 0.3) is 0 Å². The summed E-state index contributed by atoms with van der Waals surface area (Å²) in [5, 5.41) is 0.777. The van der Waals surface area contributed by atoms with Crippen LogP contribution in [0.3, 0.4) is 0 Å². The van der Waals surface area contributed by atoms with E-state index in [2.05, 4.69) is 45.1 Å². The average molecular weight is 391 g/mol. The van der Waals surface area contributed by atoms with Gasteiger partial charge in [-0.15, -0.1) is 0 Å². The van der Waals surface area contributed by atoms with Gasteiger partial charge in [0.1, 0.15) is 0 Å². The van der Waals surface area contributed by atoms with Crippen molar-refractivity contribution in [1.82, 2.24) is 14.8 Å². The van der Waals surface area contributed by atoms with Crippen molar-refractivity contribution >= 4 is 16.6 Å². The van der Waals surface area contributed by atoms with Gasteiger partial charge in [0.2, 0.25) is 0 Å². The Morgan fingerprint density at radius 2 is 1.59 bits per heavy atom. The number of benzene rings is 2. The van der Waals surface area contributed by atoms with Gasteiger partial charge in [0.05, 0.1) is 0 Å².